The summed E-state index contributed by atoms with van der Waals surface area (Å²) in [5, 5.41) is 18.7. The second-order valence-corrected chi connectivity index (χ2v) is 10.0. The molecule has 5 rings (SSSR count). The van der Waals surface area contributed by atoms with Crippen molar-refractivity contribution >= 4 is 28.9 Å². The molecule has 196 valence electrons. The van der Waals surface area contributed by atoms with Crippen LogP contribution in [0.3, 0.4) is 0 Å². The van der Waals surface area contributed by atoms with Gasteiger partial charge in [-0.2, -0.15) is 0 Å². The number of benzene rings is 1. The maximum atomic E-state index is 12.2. The van der Waals surface area contributed by atoms with Crippen molar-refractivity contribution in [1.82, 2.24) is 20.9 Å². The molecule has 2 unspecified atom stereocenters. The number of carbonyl (C=O) groups is 2. The zero-order valence-electron chi connectivity index (χ0n) is 21.6. The number of fused-ring (bicyclic) bond motifs is 1. The first-order valence-electron chi connectivity index (χ1n) is 13.1. The Morgan fingerprint density at radius 1 is 1.22 bits per heavy atom. The van der Waals surface area contributed by atoms with Gasteiger partial charge in [0, 0.05) is 63.2 Å². The van der Waals surface area contributed by atoms with E-state index in [9.17, 15) is 15.0 Å². The van der Waals surface area contributed by atoms with Gasteiger partial charge in [0.15, 0.2) is 0 Å². The first-order valence-corrected chi connectivity index (χ1v) is 13.1. The number of allylic oxidation sites excluding steroid dienone is 2. The standard InChI is InChI=1S/C28H36N6O3/c1-18(35)33-12-9-24(32-22-10-13-37-17-22)23(16-33)27(29)34-11-3-4-20-14-19(6-8-26(20)34)21-5-7-25(31-15-21)28(36)30-2/h5-8,14-15,22,25,29,31-32H,3-4,9-13,16-17H2,1-2H3,(H,30,36). The predicted octanol–water partition coefficient (Wildman–Crippen LogP) is 1.92. The normalized spacial score (nSPS) is 23.2. The van der Waals surface area contributed by atoms with Crippen LogP contribution < -0.4 is 20.9 Å². The first-order chi connectivity index (χ1) is 17.9. The van der Waals surface area contributed by atoms with Crippen LogP contribution >= 0.6 is 0 Å². The summed E-state index contributed by atoms with van der Waals surface area (Å²) in [6.45, 7) is 4.92. The van der Waals surface area contributed by atoms with Gasteiger partial charge in [-0.15, -0.1) is 0 Å². The zero-order chi connectivity index (χ0) is 25.9. The lowest BCUT2D eigenvalue weighted by atomic mass is 9.94. The van der Waals surface area contributed by atoms with Gasteiger partial charge in [-0.3, -0.25) is 15.0 Å². The second kappa shape index (κ2) is 10.8. The van der Waals surface area contributed by atoms with Gasteiger partial charge in [0.1, 0.15) is 11.9 Å². The molecular formula is C28H36N6O3. The van der Waals surface area contributed by atoms with Crippen LogP contribution in [0.15, 0.2) is 47.8 Å². The lowest BCUT2D eigenvalue weighted by Gasteiger charge is -2.37. The number of likely N-dealkylation sites (N-methyl/N-ethyl adjacent to an activating group) is 1. The van der Waals surface area contributed by atoms with Crippen LogP contribution in [0.2, 0.25) is 0 Å². The number of nitrogens with one attached hydrogen (secondary N) is 4. The second-order valence-electron chi connectivity index (χ2n) is 10.0. The molecular weight excluding hydrogens is 468 g/mol. The van der Waals surface area contributed by atoms with E-state index in [1.165, 1.54) is 5.56 Å². The predicted molar refractivity (Wildman–Crippen MR) is 144 cm³/mol. The molecule has 2 atom stereocenters. The summed E-state index contributed by atoms with van der Waals surface area (Å²) in [6.07, 6.45) is 9.31. The quantitative estimate of drug-likeness (QED) is 0.360. The number of anilines is 1. The third-order valence-electron chi connectivity index (χ3n) is 7.60. The van der Waals surface area contributed by atoms with E-state index in [2.05, 4.69) is 39.0 Å². The minimum absolute atomic E-state index is 0.0401. The average Bonchev–Trinajstić information content (AvgIpc) is 3.45. The highest BCUT2D eigenvalue weighted by Gasteiger charge is 2.30. The number of ether oxygens (including phenoxy) is 1. The monoisotopic (exact) mass is 504 g/mol. The molecule has 0 aromatic heterocycles. The van der Waals surface area contributed by atoms with Crippen LogP contribution in [0, 0.1) is 5.41 Å². The van der Waals surface area contributed by atoms with Gasteiger partial charge >= 0.3 is 0 Å². The van der Waals surface area contributed by atoms with Gasteiger partial charge in [-0.1, -0.05) is 18.2 Å². The fourth-order valence-electron chi connectivity index (χ4n) is 5.46. The van der Waals surface area contributed by atoms with Gasteiger partial charge in [0.05, 0.1) is 19.2 Å². The Morgan fingerprint density at radius 3 is 2.78 bits per heavy atom. The smallest absolute Gasteiger partial charge is 0.246 e. The van der Waals surface area contributed by atoms with E-state index in [1.807, 2.05) is 23.3 Å². The minimum Gasteiger partial charge on any atom is -0.383 e. The summed E-state index contributed by atoms with van der Waals surface area (Å²) in [4.78, 5) is 28.0. The molecule has 1 fully saturated rings. The number of amides is 2. The molecule has 2 amide bonds. The number of hydrogen-bond donors (Lipinski definition) is 4. The number of aryl methyl sites for hydroxylation is 1. The Balaban J connectivity index is 1.39. The van der Waals surface area contributed by atoms with Crippen molar-refractivity contribution in [3.05, 3.63) is 58.9 Å². The van der Waals surface area contributed by atoms with Crippen molar-refractivity contribution in [2.24, 2.45) is 0 Å². The van der Waals surface area contributed by atoms with E-state index in [0.717, 1.165) is 66.9 Å². The zero-order valence-corrected chi connectivity index (χ0v) is 21.6. The largest absolute Gasteiger partial charge is 0.383 e. The van der Waals surface area contributed by atoms with Crippen LogP contribution in [0.25, 0.3) is 5.57 Å². The molecule has 4 N–H and O–H groups in total. The fourth-order valence-corrected chi connectivity index (χ4v) is 5.46. The number of hydrogen-bond acceptors (Lipinski definition) is 6. The molecule has 0 saturated carbocycles. The molecule has 1 aromatic carbocycles. The average molecular weight is 505 g/mol. The van der Waals surface area contributed by atoms with E-state index >= 15 is 0 Å². The molecule has 37 heavy (non-hydrogen) atoms. The Kier molecular flexibility index (Phi) is 7.32. The molecule has 0 bridgehead atoms. The van der Waals surface area contributed by atoms with Gasteiger partial charge < -0.3 is 30.5 Å². The Morgan fingerprint density at radius 2 is 2.08 bits per heavy atom. The van der Waals surface area contributed by atoms with Crippen LogP contribution in [0.5, 0.6) is 0 Å². The van der Waals surface area contributed by atoms with Gasteiger partial charge in [0.25, 0.3) is 0 Å². The van der Waals surface area contributed by atoms with Crippen LogP contribution in [0.4, 0.5) is 5.69 Å². The summed E-state index contributed by atoms with van der Waals surface area (Å²) < 4.78 is 5.55. The highest BCUT2D eigenvalue weighted by atomic mass is 16.5. The third-order valence-corrected chi connectivity index (χ3v) is 7.60. The maximum absolute atomic E-state index is 12.2. The van der Waals surface area contributed by atoms with E-state index in [0.29, 0.717) is 25.5 Å². The summed E-state index contributed by atoms with van der Waals surface area (Å²) in [5.41, 5.74) is 6.31. The third kappa shape index (κ3) is 5.27. The van der Waals surface area contributed by atoms with Crippen molar-refractivity contribution in [2.45, 2.75) is 44.7 Å². The molecule has 0 radical (unpaired) electrons. The number of rotatable bonds is 5. The Labute approximate surface area is 218 Å². The number of amidine groups is 1. The van der Waals surface area contributed by atoms with Gasteiger partial charge in [0.2, 0.25) is 11.8 Å². The van der Waals surface area contributed by atoms with Gasteiger partial charge in [-0.05, 0) is 48.1 Å². The van der Waals surface area contributed by atoms with E-state index in [1.54, 1.807) is 14.0 Å². The van der Waals surface area contributed by atoms with Crippen LogP contribution in [-0.2, 0) is 20.7 Å². The van der Waals surface area contributed by atoms with Crippen LogP contribution in [-0.4, -0.2) is 74.5 Å². The lowest BCUT2D eigenvalue weighted by Crippen LogP contribution is -2.46. The molecule has 9 nitrogen and oxygen atoms in total. The van der Waals surface area contributed by atoms with Crippen molar-refractivity contribution in [3.63, 3.8) is 0 Å². The van der Waals surface area contributed by atoms with E-state index in [-0.39, 0.29) is 23.9 Å². The summed E-state index contributed by atoms with van der Waals surface area (Å²) in [6, 6.07) is 6.26. The summed E-state index contributed by atoms with van der Waals surface area (Å²) in [7, 11) is 1.63. The molecule has 1 saturated heterocycles. The van der Waals surface area contributed by atoms with Crippen molar-refractivity contribution in [2.75, 3.05) is 44.8 Å². The number of dihydropyridines is 1. The van der Waals surface area contributed by atoms with Crippen molar-refractivity contribution in [1.29, 1.82) is 5.41 Å². The molecule has 0 spiro atoms. The SMILES string of the molecule is CNC(=O)C1C=CC(c2ccc3c(c2)CCCN3C(=N)C2=C(NC3CCOC3)CCN(C(C)=O)C2)=CN1. The molecule has 4 aliphatic rings. The Hall–Kier alpha value is -3.59. The van der Waals surface area contributed by atoms with E-state index in [4.69, 9.17) is 4.74 Å². The molecule has 9 heteroatoms. The highest BCUT2D eigenvalue weighted by molar-refractivity contribution is 6.09. The highest BCUT2D eigenvalue weighted by Crippen LogP contribution is 2.33. The number of carbonyl (C=O) groups excluding carboxylic acids is 2. The number of nitrogens with zero attached hydrogens (tertiary/aromatic N) is 2. The van der Waals surface area contributed by atoms with Gasteiger partial charge in [-0.25, -0.2) is 0 Å². The molecule has 4 aliphatic heterocycles. The Bertz CT molecular complexity index is 1180. The minimum atomic E-state index is -0.362. The van der Waals surface area contributed by atoms with E-state index < -0.39 is 0 Å². The molecule has 1 aromatic rings. The first kappa shape index (κ1) is 25.1. The van der Waals surface area contributed by atoms with Crippen molar-refractivity contribution < 1.29 is 14.3 Å². The molecule has 0 aliphatic carbocycles. The summed E-state index contributed by atoms with van der Waals surface area (Å²) in [5.74, 6) is 0.437. The fraction of sp³-hybridized carbons (Fsp3) is 0.464. The summed E-state index contributed by atoms with van der Waals surface area (Å²) >= 11 is 0. The lowest BCUT2D eigenvalue weighted by molar-refractivity contribution is -0.128. The van der Waals surface area contributed by atoms with Crippen LogP contribution in [0.1, 0.15) is 37.3 Å². The topological polar surface area (TPSA) is 110 Å². The maximum Gasteiger partial charge on any atom is 0.246 e. The molecule has 4 heterocycles. The van der Waals surface area contributed by atoms with Crippen molar-refractivity contribution in [3.8, 4) is 0 Å².